The number of nitrogens with two attached hydrogens (primary N) is 1. The quantitative estimate of drug-likeness (QED) is 0.728. The van der Waals surface area contributed by atoms with Crippen molar-refractivity contribution in [3.8, 4) is 6.07 Å². The number of carbonyl (C=O) groups excluding carboxylic acids is 1. The molecule has 6 nitrogen and oxygen atoms in total. The average Bonchev–Trinajstić information content (AvgIpc) is 2.76. The van der Waals surface area contributed by atoms with E-state index in [-0.39, 0.29) is 11.8 Å². The number of ether oxygens (including phenoxy) is 1. The van der Waals surface area contributed by atoms with Crippen molar-refractivity contribution in [2.75, 3.05) is 44.2 Å². The molecule has 1 aromatic rings. The molecule has 0 bridgehead atoms. The Kier molecular flexibility index (Phi) is 7.91. The number of nitriles is 1. The summed E-state index contributed by atoms with van der Waals surface area (Å²) >= 11 is 0. The molecule has 1 atom stereocenters. The van der Waals surface area contributed by atoms with Gasteiger partial charge in [-0.05, 0) is 56.7 Å². The maximum absolute atomic E-state index is 11.6. The maximum Gasteiger partial charge on any atom is 0.246 e. The number of para-hydroxylation sites is 1. The van der Waals surface area contributed by atoms with Gasteiger partial charge < -0.3 is 15.4 Å². The molecule has 1 heterocycles. The molecule has 2 aliphatic rings. The summed E-state index contributed by atoms with van der Waals surface area (Å²) in [5, 5.41) is 9.32. The van der Waals surface area contributed by atoms with E-state index < -0.39 is 6.10 Å². The van der Waals surface area contributed by atoms with Crippen LogP contribution < -0.4 is 10.6 Å². The molecule has 2 N–H and O–H groups in total. The second-order valence-electron chi connectivity index (χ2n) is 8.31. The van der Waals surface area contributed by atoms with Gasteiger partial charge in [-0.15, -0.1) is 0 Å². The van der Waals surface area contributed by atoms with Crippen LogP contribution in [0.15, 0.2) is 24.3 Å². The SMILES string of the molecule is CCOC(C(N)=O)C1CCC(CCN2CCN(c3ccccc3C#N)CC2)CC1. The van der Waals surface area contributed by atoms with Gasteiger partial charge >= 0.3 is 0 Å². The minimum absolute atomic E-state index is 0.285. The van der Waals surface area contributed by atoms with E-state index in [2.05, 4.69) is 15.9 Å². The van der Waals surface area contributed by atoms with Crippen molar-refractivity contribution in [1.82, 2.24) is 4.90 Å². The Bertz CT molecular complexity index is 701. The van der Waals surface area contributed by atoms with Gasteiger partial charge in [0.1, 0.15) is 12.2 Å². The van der Waals surface area contributed by atoms with E-state index in [1.54, 1.807) is 0 Å². The maximum atomic E-state index is 11.6. The van der Waals surface area contributed by atoms with E-state index in [9.17, 15) is 10.1 Å². The van der Waals surface area contributed by atoms with Crippen molar-refractivity contribution in [2.45, 2.75) is 45.1 Å². The first-order valence-electron chi connectivity index (χ1n) is 11.0. The highest BCUT2D eigenvalue weighted by atomic mass is 16.5. The summed E-state index contributed by atoms with van der Waals surface area (Å²) in [5.74, 6) is 0.706. The molecule has 1 saturated carbocycles. The Labute approximate surface area is 174 Å². The van der Waals surface area contributed by atoms with Crippen LogP contribution in [0.5, 0.6) is 0 Å². The summed E-state index contributed by atoms with van der Waals surface area (Å²) in [4.78, 5) is 16.5. The monoisotopic (exact) mass is 398 g/mol. The summed E-state index contributed by atoms with van der Waals surface area (Å²) in [5.41, 5.74) is 7.35. The molecular weight excluding hydrogens is 364 g/mol. The summed E-state index contributed by atoms with van der Waals surface area (Å²) in [6.07, 6.45) is 5.21. The number of rotatable bonds is 8. The Morgan fingerprint density at radius 3 is 2.52 bits per heavy atom. The molecule has 29 heavy (non-hydrogen) atoms. The van der Waals surface area contributed by atoms with Crippen molar-refractivity contribution in [3.05, 3.63) is 29.8 Å². The van der Waals surface area contributed by atoms with E-state index >= 15 is 0 Å². The highest BCUT2D eigenvalue weighted by Gasteiger charge is 2.31. The Morgan fingerprint density at radius 2 is 1.90 bits per heavy atom. The molecule has 158 valence electrons. The molecular formula is C23H34N4O2. The van der Waals surface area contributed by atoms with Crippen molar-refractivity contribution in [2.24, 2.45) is 17.6 Å². The Morgan fingerprint density at radius 1 is 1.21 bits per heavy atom. The minimum Gasteiger partial charge on any atom is -0.368 e. The lowest BCUT2D eigenvalue weighted by molar-refractivity contribution is -0.134. The van der Waals surface area contributed by atoms with Crippen LogP contribution in [0.1, 0.15) is 44.6 Å². The topological polar surface area (TPSA) is 82.6 Å². The summed E-state index contributed by atoms with van der Waals surface area (Å²) in [6.45, 7) is 7.62. The number of primary amides is 1. The first kappa shape index (κ1) is 21.6. The van der Waals surface area contributed by atoms with Gasteiger partial charge in [-0.2, -0.15) is 5.26 Å². The summed E-state index contributed by atoms with van der Waals surface area (Å²) in [7, 11) is 0. The van der Waals surface area contributed by atoms with Gasteiger partial charge in [0.05, 0.1) is 11.3 Å². The number of amides is 1. The average molecular weight is 399 g/mol. The van der Waals surface area contributed by atoms with E-state index in [4.69, 9.17) is 10.5 Å². The van der Waals surface area contributed by atoms with Gasteiger partial charge in [0.15, 0.2) is 0 Å². The van der Waals surface area contributed by atoms with Gasteiger partial charge in [0, 0.05) is 32.8 Å². The zero-order valence-electron chi connectivity index (χ0n) is 17.6. The molecule has 6 heteroatoms. The van der Waals surface area contributed by atoms with E-state index in [1.165, 1.54) is 6.42 Å². The molecule has 0 spiro atoms. The predicted molar refractivity (Wildman–Crippen MR) is 114 cm³/mol. The Balaban J connectivity index is 1.39. The fraction of sp³-hybridized carbons (Fsp3) is 0.652. The predicted octanol–water partition coefficient (Wildman–Crippen LogP) is 2.77. The first-order chi connectivity index (χ1) is 14.1. The molecule has 0 radical (unpaired) electrons. The number of hydrogen-bond donors (Lipinski definition) is 1. The number of benzene rings is 1. The molecule has 2 fully saturated rings. The van der Waals surface area contributed by atoms with Crippen molar-refractivity contribution >= 4 is 11.6 Å². The number of nitrogens with zero attached hydrogens (tertiary/aromatic N) is 3. The largest absolute Gasteiger partial charge is 0.368 e. The van der Waals surface area contributed by atoms with Gasteiger partial charge in [0.2, 0.25) is 5.91 Å². The second kappa shape index (κ2) is 10.6. The normalized spacial score (nSPS) is 24.1. The van der Waals surface area contributed by atoms with Crippen LogP contribution >= 0.6 is 0 Å². The van der Waals surface area contributed by atoms with Crippen LogP contribution in [-0.4, -0.2) is 56.2 Å². The first-order valence-corrected chi connectivity index (χ1v) is 11.0. The molecule has 1 saturated heterocycles. The second-order valence-corrected chi connectivity index (χ2v) is 8.31. The third-order valence-electron chi connectivity index (χ3n) is 6.54. The fourth-order valence-electron chi connectivity index (χ4n) is 4.83. The number of hydrogen-bond acceptors (Lipinski definition) is 5. The van der Waals surface area contributed by atoms with Crippen molar-refractivity contribution in [3.63, 3.8) is 0 Å². The van der Waals surface area contributed by atoms with Crippen molar-refractivity contribution in [1.29, 1.82) is 5.26 Å². The highest BCUT2D eigenvalue weighted by Crippen LogP contribution is 2.34. The smallest absolute Gasteiger partial charge is 0.246 e. The third-order valence-corrected chi connectivity index (χ3v) is 6.54. The molecule has 1 aliphatic heterocycles. The molecule has 0 aromatic heterocycles. The lowest BCUT2D eigenvalue weighted by atomic mass is 9.78. The van der Waals surface area contributed by atoms with Crippen LogP contribution in [0.3, 0.4) is 0 Å². The summed E-state index contributed by atoms with van der Waals surface area (Å²) in [6, 6.07) is 10.2. The van der Waals surface area contributed by atoms with Gasteiger partial charge in [-0.25, -0.2) is 0 Å². The van der Waals surface area contributed by atoms with Crippen molar-refractivity contribution < 1.29 is 9.53 Å². The van der Waals surface area contributed by atoms with Gasteiger partial charge in [-0.1, -0.05) is 25.0 Å². The molecule has 1 amide bonds. The number of piperazine rings is 1. The van der Waals surface area contributed by atoms with E-state index in [0.717, 1.165) is 75.6 Å². The molecule has 1 aliphatic carbocycles. The van der Waals surface area contributed by atoms with Crippen LogP contribution in [0.4, 0.5) is 5.69 Å². The van der Waals surface area contributed by atoms with Crippen LogP contribution in [0, 0.1) is 23.2 Å². The highest BCUT2D eigenvalue weighted by molar-refractivity contribution is 5.79. The molecule has 1 aromatic carbocycles. The van der Waals surface area contributed by atoms with Gasteiger partial charge in [-0.3, -0.25) is 9.69 Å². The Hall–Kier alpha value is -2.10. The number of anilines is 1. The van der Waals surface area contributed by atoms with Crippen LogP contribution in [0.25, 0.3) is 0 Å². The standard InChI is InChI=1S/C23H34N4O2/c1-2-29-22(23(25)28)19-9-7-18(8-10-19)11-12-26-13-15-27(16-14-26)21-6-4-3-5-20(21)17-24/h3-6,18-19,22H,2,7-16H2,1H3,(H2,25,28). The summed E-state index contributed by atoms with van der Waals surface area (Å²) < 4.78 is 5.59. The van der Waals surface area contributed by atoms with E-state index in [0.29, 0.717) is 6.61 Å². The molecule has 3 rings (SSSR count). The zero-order valence-corrected chi connectivity index (χ0v) is 17.6. The van der Waals surface area contributed by atoms with Gasteiger partial charge in [0.25, 0.3) is 0 Å². The molecule has 1 unspecified atom stereocenters. The fourth-order valence-corrected chi connectivity index (χ4v) is 4.83. The third kappa shape index (κ3) is 5.71. The van der Waals surface area contributed by atoms with E-state index in [1.807, 2.05) is 31.2 Å². The van der Waals surface area contributed by atoms with Crippen LogP contribution in [-0.2, 0) is 9.53 Å². The number of carbonyl (C=O) groups is 1. The zero-order chi connectivity index (χ0) is 20.6. The minimum atomic E-state index is -0.412. The van der Waals surface area contributed by atoms with Crippen LogP contribution in [0.2, 0.25) is 0 Å². The lowest BCUT2D eigenvalue weighted by Crippen LogP contribution is -2.47. The lowest BCUT2D eigenvalue weighted by Gasteiger charge is -2.38.